The van der Waals surface area contributed by atoms with Crippen LogP contribution in [0.3, 0.4) is 0 Å². The summed E-state index contributed by atoms with van der Waals surface area (Å²) < 4.78 is 7.31. The minimum atomic E-state index is -0.954. The summed E-state index contributed by atoms with van der Waals surface area (Å²) in [5.74, 6) is 0.00773. The minimum absolute atomic E-state index is 0.0980. The van der Waals surface area contributed by atoms with Crippen LogP contribution in [0.15, 0.2) is 30.5 Å². The van der Waals surface area contributed by atoms with Crippen LogP contribution in [0.1, 0.15) is 29.0 Å². The van der Waals surface area contributed by atoms with Crippen molar-refractivity contribution < 1.29 is 19.4 Å². The molecule has 1 amide bonds. The van der Waals surface area contributed by atoms with Gasteiger partial charge in [0.25, 0.3) is 0 Å². The summed E-state index contributed by atoms with van der Waals surface area (Å²) in [4.78, 5) is 30.0. The van der Waals surface area contributed by atoms with E-state index in [9.17, 15) is 9.59 Å². The first kappa shape index (κ1) is 15.8. The number of aromatic nitrogens is 2. The Balaban J connectivity index is 1.60. The number of amides is 1. The van der Waals surface area contributed by atoms with Crippen LogP contribution in [0.25, 0.3) is 11.3 Å². The molecule has 25 heavy (non-hydrogen) atoms. The largest absolute Gasteiger partial charge is 0.478 e. The summed E-state index contributed by atoms with van der Waals surface area (Å²) in [6.07, 6.45) is 3.50. The highest BCUT2D eigenvalue weighted by Crippen LogP contribution is 2.27. The molecule has 4 rings (SSSR count). The van der Waals surface area contributed by atoms with E-state index in [-0.39, 0.29) is 24.1 Å². The zero-order valence-electron chi connectivity index (χ0n) is 13.7. The zero-order chi connectivity index (χ0) is 17.4. The van der Waals surface area contributed by atoms with Crippen LogP contribution in [-0.4, -0.2) is 50.7 Å². The Hall–Kier alpha value is -2.67. The normalized spacial score (nSPS) is 18.2. The predicted molar refractivity (Wildman–Crippen MR) is 89.0 cm³/mol. The SMILES string of the molecule is O=C(O)c1ccc(-c2cnc3n2CC(=O)N(C2CCOCC2)C3)cc1. The lowest BCUT2D eigenvalue weighted by Crippen LogP contribution is -2.47. The number of hydrogen-bond acceptors (Lipinski definition) is 4. The summed E-state index contributed by atoms with van der Waals surface area (Å²) in [6.45, 7) is 2.17. The highest BCUT2D eigenvalue weighted by molar-refractivity contribution is 5.88. The fraction of sp³-hybridized carbons (Fsp3) is 0.389. The van der Waals surface area contributed by atoms with Crippen molar-refractivity contribution in [3.8, 4) is 11.3 Å². The zero-order valence-corrected chi connectivity index (χ0v) is 13.7. The highest BCUT2D eigenvalue weighted by atomic mass is 16.5. The Bertz CT molecular complexity index is 806. The van der Waals surface area contributed by atoms with Gasteiger partial charge in [-0.3, -0.25) is 4.79 Å². The van der Waals surface area contributed by atoms with Crippen LogP contribution < -0.4 is 0 Å². The van der Waals surface area contributed by atoms with E-state index in [1.807, 2.05) is 9.47 Å². The third-order valence-electron chi connectivity index (χ3n) is 4.92. The predicted octanol–water partition coefficient (Wildman–Crippen LogP) is 1.77. The van der Waals surface area contributed by atoms with Crippen molar-refractivity contribution in [3.63, 3.8) is 0 Å². The molecular weight excluding hydrogens is 322 g/mol. The van der Waals surface area contributed by atoms with Gasteiger partial charge < -0.3 is 19.3 Å². The van der Waals surface area contributed by atoms with Gasteiger partial charge in [0.05, 0.1) is 24.0 Å². The number of carbonyl (C=O) groups is 2. The Morgan fingerprint density at radius 1 is 1.16 bits per heavy atom. The minimum Gasteiger partial charge on any atom is -0.478 e. The number of carbonyl (C=O) groups excluding carboxylic acids is 1. The summed E-state index contributed by atoms with van der Waals surface area (Å²) in [5.41, 5.74) is 1.94. The number of ether oxygens (including phenoxy) is 1. The Morgan fingerprint density at radius 2 is 1.88 bits per heavy atom. The van der Waals surface area contributed by atoms with Gasteiger partial charge in [0.15, 0.2) is 0 Å². The molecule has 1 N–H and O–H groups in total. The molecule has 130 valence electrons. The van der Waals surface area contributed by atoms with Crippen molar-refractivity contribution >= 4 is 11.9 Å². The van der Waals surface area contributed by atoms with Crippen molar-refractivity contribution in [1.29, 1.82) is 0 Å². The average Bonchev–Trinajstić information content (AvgIpc) is 3.04. The quantitative estimate of drug-likeness (QED) is 0.920. The van der Waals surface area contributed by atoms with E-state index in [1.54, 1.807) is 30.5 Å². The maximum Gasteiger partial charge on any atom is 0.335 e. The Kier molecular flexibility index (Phi) is 4.01. The van der Waals surface area contributed by atoms with Gasteiger partial charge in [-0.2, -0.15) is 0 Å². The van der Waals surface area contributed by atoms with Crippen LogP contribution in [0, 0.1) is 0 Å². The first-order valence-corrected chi connectivity index (χ1v) is 8.39. The molecule has 2 aliphatic heterocycles. The van der Waals surface area contributed by atoms with Gasteiger partial charge in [-0.05, 0) is 30.5 Å². The smallest absolute Gasteiger partial charge is 0.335 e. The van der Waals surface area contributed by atoms with E-state index in [1.165, 1.54) is 0 Å². The third kappa shape index (κ3) is 2.91. The number of hydrogen-bond donors (Lipinski definition) is 1. The molecule has 7 heteroatoms. The van der Waals surface area contributed by atoms with Crippen LogP contribution in [0.2, 0.25) is 0 Å². The number of carboxylic acid groups (broad SMARTS) is 1. The molecule has 1 saturated heterocycles. The molecule has 1 fully saturated rings. The topological polar surface area (TPSA) is 84.7 Å². The van der Waals surface area contributed by atoms with E-state index in [0.717, 1.165) is 29.9 Å². The number of fused-ring (bicyclic) bond motifs is 1. The molecule has 2 aromatic rings. The van der Waals surface area contributed by atoms with E-state index in [2.05, 4.69) is 4.98 Å². The van der Waals surface area contributed by atoms with Gasteiger partial charge >= 0.3 is 5.97 Å². The van der Waals surface area contributed by atoms with E-state index in [0.29, 0.717) is 19.8 Å². The van der Waals surface area contributed by atoms with Crippen LogP contribution in [0.5, 0.6) is 0 Å². The first-order chi connectivity index (χ1) is 12.1. The monoisotopic (exact) mass is 341 g/mol. The van der Waals surface area contributed by atoms with Gasteiger partial charge in [-0.25, -0.2) is 9.78 Å². The van der Waals surface area contributed by atoms with Crippen LogP contribution in [-0.2, 0) is 22.6 Å². The van der Waals surface area contributed by atoms with E-state index in [4.69, 9.17) is 9.84 Å². The molecule has 1 aromatic carbocycles. The number of nitrogens with zero attached hydrogens (tertiary/aromatic N) is 3. The van der Waals surface area contributed by atoms with Gasteiger partial charge in [0, 0.05) is 19.3 Å². The van der Waals surface area contributed by atoms with Crippen molar-refractivity contribution in [3.05, 3.63) is 41.9 Å². The molecule has 0 bridgehead atoms. The first-order valence-electron chi connectivity index (χ1n) is 8.39. The molecule has 1 aromatic heterocycles. The second-order valence-electron chi connectivity index (χ2n) is 6.39. The molecule has 0 atom stereocenters. The average molecular weight is 341 g/mol. The third-order valence-corrected chi connectivity index (χ3v) is 4.92. The lowest BCUT2D eigenvalue weighted by Gasteiger charge is -2.37. The second-order valence-corrected chi connectivity index (χ2v) is 6.39. The molecule has 7 nitrogen and oxygen atoms in total. The van der Waals surface area contributed by atoms with Gasteiger partial charge in [0.2, 0.25) is 5.91 Å². The van der Waals surface area contributed by atoms with Gasteiger partial charge in [-0.1, -0.05) is 12.1 Å². The lowest BCUT2D eigenvalue weighted by molar-refractivity contribution is -0.138. The maximum absolute atomic E-state index is 12.6. The molecule has 3 heterocycles. The summed E-state index contributed by atoms with van der Waals surface area (Å²) in [7, 11) is 0. The summed E-state index contributed by atoms with van der Waals surface area (Å²) >= 11 is 0. The molecular formula is C18H19N3O4. The maximum atomic E-state index is 12.6. The number of benzene rings is 1. The van der Waals surface area contributed by atoms with Crippen LogP contribution >= 0.6 is 0 Å². The number of rotatable bonds is 3. The standard InChI is InChI=1S/C18H19N3O4/c22-17-11-21-15(12-1-3-13(4-2-12)18(23)24)9-19-16(21)10-20(17)14-5-7-25-8-6-14/h1-4,9,14H,5-8,10-11H2,(H,23,24). The van der Waals surface area contributed by atoms with Gasteiger partial charge in [0.1, 0.15) is 12.4 Å². The van der Waals surface area contributed by atoms with Crippen LogP contribution in [0.4, 0.5) is 0 Å². The lowest BCUT2D eigenvalue weighted by atomic mass is 10.1. The van der Waals surface area contributed by atoms with Crippen molar-refractivity contribution in [2.75, 3.05) is 13.2 Å². The second kappa shape index (κ2) is 6.33. The van der Waals surface area contributed by atoms with Crippen molar-refractivity contribution in [2.45, 2.75) is 32.0 Å². The Morgan fingerprint density at radius 3 is 2.56 bits per heavy atom. The van der Waals surface area contributed by atoms with Crippen molar-refractivity contribution in [2.24, 2.45) is 0 Å². The molecule has 0 aliphatic carbocycles. The highest BCUT2D eigenvalue weighted by Gasteiger charge is 2.32. The summed E-state index contributed by atoms with van der Waals surface area (Å²) in [5, 5.41) is 9.01. The Labute approximate surface area is 144 Å². The number of carboxylic acids is 1. The molecule has 0 saturated carbocycles. The van der Waals surface area contributed by atoms with Gasteiger partial charge in [-0.15, -0.1) is 0 Å². The fourth-order valence-corrected chi connectivity index (χ4v) is 3.53. The van der Waals surface area contributed by atoms with E-state index >= 15 is 0 Å². The fourth-order valence-electron chi connectivity index (χ4n) is 3.53. The van der Waals surface area contributed by atoms with Crippen molar-refractivity contribution in [1.82, 2.24) is 14.5 Å². The van der Waals surface area contributed by atoms with E-state index < -0.39 is 5.97 Å². The summed E-state index contributed by atoms with van der Waals surface area (Å²) in [6, 6.07) is 6.87. The number of aromatic carboxylic acids is 1. The number of imidazole rings is 1. The molecule has 0 spiro atoms. The molecule has 0 radical (unpaired) electrons. The molecule has 0 unspecified atom stereocenters. The molecule has 2 aliphatic rings.